The van der Waals surface area contributed by atoms with Gasteiger partial charge in [-0.25, -0.2) is 9.97 Å². The van der Waals surface area contributed by atoms with Crippen LogP contribution in [0.4, 0.5) is 11.6 Å². The number of hydrogen-bond donors (Lipinski definition) is 2. The van der Waals surface area contributed by atoms with Crippen molar-refractivity contribution in [2.24, 2.45) is 0 Å². The Morgan fingerprint density at radius 2 is 2.00 bits per heavy atom. The molecule has 3 aromatic rings. The highest BCUT2D eigenvalue weighted by atomic mass is 35.5. The molecule has 2 heterocycles. The van der Waals surface area contributed by atoms with Crippen LogP contribution in [0.3, 0.4) is 0 Å². The SMILES string of the molecule is Cc1cc(Nc2cnc(C(=O)NCCc3ccc(Cl)cc3Cl)cn2)no1. The number of anilines is 2. The van der Waals surface area contributed by atoms with Gasteiger partial charge in [-0.2, -0.15) is 0 Å². The maximum atomic E-state index is 12.1. The van der Waals surface area contributed by atoms with Crippen molar-refractivity contribution in [2.45, 2.75) is 13.3 Å². The minimum absolute atomic E-state index is 0.217. The van der Waals surface area contributed by atoms with Crippen molar-refractivity contribution in [3.8, 4) is 0 Å². The van der Waals surface area contributed by atoms with E-state index >= 15 is 0 Å². The van der Waals surface area contributed by atoms with Gasteiger partial charge in [-0.3, -0.25) is 4.79 Å². The number of nitrogens with one attached hydrogen (secondary N) is 2. The molecule has 26 heavy (non-hydrogen) atoms. The molecule has 2 N–H and O–H groups in total. The standard InChI is InChI=1S/C17H15Cl2N5O2/c1-10-6-15(24-26-10)23-16-9-21-14(8-22-16)17(25)20-5-4-11-2-3-12(18)7-13(11)19/h2-3,6-9H,4-5H2,1H3,(H,20,25)(H,22,23,24). The van der Waals surface area contributed by atoms with E-state index in [9.17, 15) is 4.79 Å². The summed E-state index contributed by atoms with van der Waals surface area (Å²) in [5.74, 6) is 1.35. The van der Waals surface area contributed by atoms with E-state index in [2.05, 4.69) is 25.8 Å². The van der Waals surface area contributed by atoms with Gasteiger partial charge in [0.25, 0.3) is 5.91 Å². The number of hydrogen-bond acceptors (Lipinski definition) is 6. The third kappa shape index (κ3) is 4.71. The Bertz CT molecular complexity index is 912. The van der Waals surface area contributed by atoms with Crippen LogP contribution >= 0.6 is 23.2 Å². The van der Waals surface area contributed by atoms with E-state index in [1.807, 2.05) is 6.07 Å². The third-order valence-electron chi connectivity index (χ3n) is 3.46. The van der Waals surface area contributed by atoms with Crippen LogP contribution in [0.15, 0.2) is 41.2 Å². The summed E-state index contributed by atoms with van der Waals surface area (Å²) in [7, 11) is 0. The average Bonchev–Trinajstić information content (AvgIpc) is 3.02. The molecule has 0 aliphatic carbocycles. The molecule has 1 amide bonds. The van der Waals surface area contributed by atoms with Crippen molar-refractivity contribution in [1.82, 2.24) is 20.4 Å². The molecule has 0 atom stereocenters. The first kappa shape index (κ1) is 18.2. The van der Waals surface area contributed by atoms with Crippen LogP contribution in [0, 0.1) is 6.92 Å². The van der Waals surface area contributed by atoms with E-state index in [0.29, 0.717) is 40.4 Å². The number of benzene rings is 1. The van der Waals surface area contributed by atoms with Crippen LogP contribution in [-0.2, 0) is 6.42 Å². The quantitative estimate of drug-likeness (QED) is 0.663. The predicted octanol–water partition coefficient (Wildman–Crippen LogP) is 3.80. The molecule has 0 aliphatic rings. The van der Waals surface area contributed by atoms with E-state index in [-0.39, 0.29) is 11.6 Å². The van der Waals surface area contributed by atoms with Crippen molar-refractivity contribution in [3.05, 3.63) is 63.7 Å². The zero-order valence-electron chi connectivity index (χ0n) is 13.8. The summed E-state index contributed by atoms with van der Waals surface area (Å²) in [5.41, 5.74) is 1.12. The van der Waals surface area contributed by atoms with Gasteiger partial charge in [0.1, 0.15) is 17.3 Å². The number of carbonyl (C=O) groups excluding carboxylic acids is 1. The van der Waals surface area contributed by atoms with Gasteiger partial charge < -0.3 is 15.2 Å². The topological polar surface area (TPSA) is 92.9 Å². The first-order valence-corrected chi connectivity index (χ1v) is 8.51. The Morgan fingerprint density at radius 3 is 2.65 bits per heavy atom. The Kier molecular flexibility index (Phi) is 5.70. The van der Waals surface area contributed by atoms with Crippen molar-refractivity contribution in [1.29, 1.82) is 0 Å². The Labute approximate surface area is 159 Å². The molecule has 2 aromatic heterocycles. The van der Waals surface area contributed by atoms with Crippen molar-refractivity contribution >= 4 is 40.7 Å². The molecule has 0 bridgehead atoms. The van der Waals surface area contributed by atoms with Gasteiger partial charge in [0.2, 0.25) is 0 Å². The second-order valence-electron chi connectivity index (χ2n) is 5.48. The van der Waals surface area contributed by atoms with Crippen LogP contribution in [0.1, 0.15) is 21.8 Å². The monoisotopic (exact) mass is 391 g/mol. The molecule has 0 spiro atoms. The van der Waals surface area contributed by atoms with E-state index < -0.39 is 0 Å². The van der Waals surface area contributed by atoms with Gasteiger partial charge in [-0.15, -0.1) is 0 Å². The predicted molar refractivity (Wildman–Crippen MR) is 99.1 cm³/mol. The molecule has 7 nitrogen and oxygen atoms in total. The van der Waals surface area contributed by atoms with Crippen LogP contribution in [-0.4, -0.2) is 27.6 Å². The fraction of sp³-hybridized carbons (Fsp3) is 0.176. The summed E-state index contributed by atoms with van der Waals surface area (Å²) in [6.45, 7) is 2.20. The summed E-state index contributed by atoms with van der Waals surface area (Å²) in [6.07, 6.45) is 3.43. The average molecular weight is 392 g/mol. The molecule has 0 saturated carbocycles. The number of carbonyl (C=O) groups is 1. The zero-order chi connectivity index (χ0) is 18.5. The van der Waals surface area contributed by atoms with Gasteiger partial charge in [-0.1, -0.05) is 34.4 Å². The minimum Gasteiger partial charge on any atom is -0.360 e. The lowest BCUT2D eigenvalue weighted by Crippen LogP contribution is -2.26. The lowest BCUT2D eigenvalue weighted by molar-refractivity contribution is 0.0949. The largest absolute Gasteiger partial charge is 0.360 e. The number of amides is 1. The van der Waals surface area contributed by atoms with Crippen LogP contribution in [0.2, 0.25) is 10.0 Å². The summed E-state index contributed by atoms with van der Waals surface area (Å²) in [4.78, 5) is 20.4. The Morgan fingerprint density at radius 1 is 1.15 bits per heavy atom. The first-order chi connectivity index (χ1) is 12.5. The van der Waals surface area contributed by atoms with E-state index in [4.69, 9.17) is 27.7 Å². The first-order valence-electron chi connectivity index (χ1n) is 7.76. The van der Waals surface area contributed by atoms with E-state index in [1.165, 1.54) is 12.4 Å². The zero-order valence-corrected chi connectivity index (χ0v) is 15.3. The lowest BCUT2D eigenvalue weighted by Gasteiger charge is -2.07. The second-order valence-corrected chi connectivity index (χ2v) is 6.32. The molecule has 0 unspecified atom stereocenters. The minimum atomic E-state index is -0.314. The Hall–Kier alpha value is -2.64. The normalized spacial score (nSPS) is 10.6. The van der Waals surface area contributed by atoms with Gasteiger partial charge in [0, 0.05) is 22.7 Å². The number of nitrogens with zero attached hydrogens (tertiary/aromatic N) is 3. The van der Waals surface area contributed by atoms with E-state index in [1.54, 1.807) is 25.1 Å². The molecule has 9 heteroatoms. The molecule has 134 valence electrons. The third-order valence-corrected chi connectivity index (χ3v) is 4.05. The number of aromatic nitrogens is 3. The van der Waals surface area contributed by atoms with Crippen LogP contribution in [0.5, 0.6) is 0 Å². The number of halogens is 2. The fourth-order valence-corrected chi connectivity index (χ4v) is 2.70. The number of aryl methyl sites for hydroxylation is 1. The maximum absolute atomic E-state index is 12.1. The van der Waals surface area contributed by atoms with E-state index in [0.717, 1.165) is 5.56 Å². The van der Waals surface area contributed by atoms with Crippen molar-refractivity contribution in [2.75, 3.05) is 11.9 Å². The van der Waals surface area contributed by atoms with Gasteiger partial charge in [0.05, 0.1) is 12.4 Å². The fourth-order valence-electron chi connectivity index (χ4n) is 2.19. The van der Waals surface area contributed by atoms with Crippen LogP contribution in [0.25, 0.3) is 0 Å². The molecule has 0 aliphatic heterocycles. The highest BCUT2D eigenvalue weighted by Gasteiger charge is 2.09. The molecule has 0 saturated heterocycles. The molecular weight excluding hydrogens is 377 g/mol. The van der Waals surface area contributed by atoms with Gasteiger partial charge in [-0.05, 0) is 31.0 Å². The molecular formula is C17H15Cl2N5O2. The Balaban J connectivity index is 1.53. The van der Waals surface area contributed by atoms with Crippen molar-refractivity contribution in [3.63, 3.8) is 0 Å². The smallest absolute Gasteiger partial charge is 0.271 e. The number of rotatable bonds is 6. The highest BCUT2D eigenvalue weighted by molar-refractivity contribution is 6.35. The lowest BCUT2D eigenvalue weighted by atomic mass is 10.1. The summed E-state index contributed by atoms with van der Waals surface area (Å²) < 4.78 is 4.95. The molecule has 1 aromatic carbocycles. The second kappa shape index (κ2) is 8.16. The summed E-state index contributed by atoms with van der Waals surface area (Å²) in [6, 6.07) is 7.00. The van der Waals surface area contributed by atoms with Gasteiger partial charge in [0.15, 0.2) is 5.82 Å². The molecule has 0 fully saturated rings. The molecule has 0 radical (unpaired) electrons. The highest BCUT2D eigenvalue weighted by Crippen LogP contribution is 2.21. The summed E-state index contributed by atoms with van der Waals surface area (Å²) in [5, 5.41) is 10.7. The maximum Gasteiger partial charge on any atom is 0.271 e. The van der Waals surface area contributed by atoms with Gasteiger partial charge >= 0.3 is 0 Å². The van der Waals surface area contributed by atoms with Crippen LogP contribution < -0.4 is 10.6 Å². The summed E-state index contributed by atoms with van der Waals surface area (Å²) >= 11 is 12.0. The molecule has 3 rings (SSSR count). The van der Waals surface area contributed by atoms with Crippen molar-refractivity contribution < 1.29 is 9.32 Å².